The van der Waals surface area contributed by atoms with E-state index in [1.54, 1.807) is 19.2 Å². The first-order valence-corrected chi connectivity index (χ1v) is 17.0. The summed E-state index contributed by atoms with van der Waals surface area (Å²) in [5.74, 6) is -1.69. The predicted molar refractivity (Wildman–Crippen MR) is 177 cm³/mol. The van der Waals surface area contributed by atoms with Crippen LogP contribution in [0, 0.1) is 29.6 Å². The van der Waals surface area contributed by atoms with Crippen molar-refractivity contribution < 1.29 is 43.5 Å². The Kier molecular flexibility index (Phi) is 9.32. The third-order valence-corrected chi connectivity index (χ3v) is 10.7. The molecule has 4 bridgehead atoms. The first-order valence-electron chi connectivity index (χ1n) is 17.0. The van der Waals surface area contributed by atoms with Crippen molar-refractivity contribution in [3.63, 3.8) is 0 Å². The molecule has 262 valence electrons. The number of ether oxygens (including phenoxy) is 5. The number of hydrogen-bond acceptors (Lipinski definition) is 9. The first-order chi connectivity index (χ1) is 22.7. The molecule has 3 N–H and O–H groups in total. The largest absolute Gasteiger partial charge is 0.457 e. The molecular formula is C37H50N2O9. The molecule has 1 saturated heterocycles. The van der Waals surface area contributed by atoms with Crippen LogP contribution < -0.4 is 0 Å². The van der Waals surface area contributed by atoms with Gasteiger partial charge in [0.25, 0.3) is 0 Å². The first kappa shape index (κ1) is 34.6. The van der Waals surface area contributed by atoms with Crippen LogP contribution in [0.1, 0.15) is 60.6 Å². The van der Waals surface area contributed by atoms with E-state index < -0.39 is 53.8 Å². The Morgan fingerprint density at radius 3 is 2.69 bits per heavy atom. The van der Waals surface area contributed by atoms with Gasteiger partial charge in [-0.1, -0.05) is 32.1 Å². The predicted octanol–water partition coefficient (Wildman–Crippen LogP) is 5.01. The highest BCUT2D eigenvalue weighted by atomic mass is 16.6. The Bertz CT molecular complexity index is 1570. The van der Waals surface area contributed by atoms with Crippen LogP contribution in [0.4, 0.5) is 4.79 Å². The summed E-state index contributed by atoms with van der Waals surface area (Å²) in [6, 6.07) is 5.61. The number of aliphatic hydroxyl groups is 2. The van der Waals surface area contributed by atoms with Gasteiger partial charge < -0.3 is 38.9 Å². The van der Waals surface area contributed by atoms with Crippen LogP contribution in [0.2, 0.25) is 0 Å². The minimum Gasteiger partial charge on any atom is -0.457 e. The third kappa shape index (κ3) is 5.98. The van der Waals surface area contributed by atoms with Gasteiger partial charge in [0.1, 0.15) is 17.3 Å². The van der Waals surface area contributed by atoms with E-state index in [1.807, 2.05) is 65.9 Å². The van der Waals surface area contributed by atoms with E-state index in [2.05, 4.69) is 17.1 Å². The van der Waals surface area contributed by atoms with Crippen molar-refractivity contribution in [3.05, 3.63) is 60.1 Å². The normalized spacial score (nSPS) is 38.0. The molecule has 0 radical (unpaired) electrons. The van der Waals surface area contributed by atoms with E-state index >= 15 is 0 Å². The third-order valence-electron chi connectivity index (χ3n) is 10.7. The molecule has 2 unspecified atom stereocenters. The molecule has 0 aromatic carbocycles. The highest BCUT2D eigenvalue weighted by Gasteiger charge is 2.68. The molecule has 2 aromatic heterocycles. The molecule has 4 aliphatic rings. The summed E-state index contributed by atoms with van der Waals surface area (Å²) < 4.78 is 32.2. The van der Waals surface area contributed by atoms with E-state index in [4.69, 9.17) is 23.7 Å². The molecule has 48 heavy (non-hydrogen) atoms. The number of carbonyl (C=O) groups is 2. The van der Waals surface area contributed by atoms with Gasteiger partial charge in [0.15, 0.2) is 6.10 Å². The van der Waals surface area contributed by atoms with E-state index in [0.29, 0.717) is 12.1 Å². The summed E-state index contributed by atoms with van der Waals surface area (Å²) in [5.41, 5.74) is 1.75. The fraction of sp³-hybridized carbons (Fsp3) is 0.622. The van der Waals surface area contributed by atoms with Crippen molar-refractivity contribution in [2.24, 2.45) is 29.6 Å². The van der Waals surface area contributed by atoms with Crippen LogP contribution in [0.25, 0.3) is 11.3 Å². The fourth-order valence-electron chi connectivity index (χ4n) is 8.52. The van der Waals surface area contributed by atoms with Crippen molar-refractivity contribution in [2.75, 3.05) is 7.11 Å². The average Bonchev–Trinajstić information content (AvgIpc) is 3.73. The van der Waals surface area contributed by atoms with E-state index in [9.17, 15) is 19.8 Å². The van der Waals surface area contributed by atoms with Crippen LogP contribution >= 0.6 is 0 Å². The molecule has 6 rings (SSSR count). The molecule has 2 aromatic rings. The maximum Gasteiger partial charge on any atom is 0.418 e. The SMILES string of the molecule is CO[C@H]1CC2C=C[C@H]3[C@H]4O[C@]2(/C(C)=C/[C@@H](C)[C@@H](C(C)O)OC1=O)[C@@H]3[C@H](O)[C@@H](C)[C@H]4OCc1cc(-c2cccn2C(=O)OC(C)(C)C)c[nH]1. The van der Waals surface area contributed by atoms with Gasteiger partial charge in [0.05, 0.1) is 36.7 Å². The van der Waals surface area contributed by atoms with Crippen molar-refractivity contribution >= 4 is 12.1 Å². The fourth-order valence-corrected chi connectivity index (χ4v) is 8.52. The van der Waals surface area contributed by atoms with Gasteiger partial charge >= 0.3 is 12.1 Å². The zero-order valence-corrected chi connectivity index (χ0v) is 29.1. The molecule has 2 fully saturated rings. The van der Waals surface area contributed by atoms with E-state index in [0.717, 1.165) is 16.8 Å². The molecule has 12 atom stereocenters. The van der Waals surface area contributed by atoms with Crippen molar-refractivity contribution in [1.29, 1.82) is 0 Å². The lowest BCUT2D eigenvalue weighted by molar-refractivity contribution is -0.172. The van der Waals surface area contributed by atoms with Gasteiger partial charge in [-0.05, 0) is 64.8 Å². The van der Waals surface area contributed by atoms with Crippen molar-refractivity contribution in [3.8, 4) is 11.3 Å². The second-order valence-corrected chi connectivity index (χ2v) is 15.1. The van der Waals surface area contributed by atoms with Gasteiger partial charge in [-0.2, -0.15) is 0 Å². The summed E-state index contributed by atoms with van der Waals surface area (Å²) in [4.78, 5) is 29.3. The van der Waals surface area contributed by atoms with Crippen LogP contribution in [0.3, 0.4) is 0 Å². The zero-order valence-electron chi connectivity index (χ0n) is 29.1. The molecule has 11 nitrogen and oxygen atoms in total. The molecule has 2 aliphatic heterocycles. The number of rotatable bonds is 6. The monoisotopic (exact) mass is 666 g/mol. The molecular weight excluding hydrogens is 616 g/mol. The number of nitrogens with one attached hydrogen (secondary N) is 1. The number of carbonyl (C=O) groups excluding carboxylic acids is 2. The molecule has 0 amide bonds. The van der Waals surface area contributed by atoms with Gasteiger partial charge in [0.2, 0.25) is 0 Å². The van der Waals surface area contributed by atoms with Crippen LogP contribution in [0.5, 0.6) is 0 Å². The lowest BCUT2D eigenvalue weighted by Crippen LogP contribution is -2.57. The smallest absolute Gasteiger partial charge is 0.418 e. The molecule has 2 aliphatic carbocycles. The Morgan fingerprint density at radius 2 is 2.00 bits per heavy atom. The van der Waals surface area contributed by atoms with E-state index in [-0.39, 0.29) is 42.3 Å². The molecule has 1 spiro atoms. The summed E-state index contributed by atoms with van der Waals surface area (Å²) in [5, 5.41) is 22.5. The number of hydrogen-bond donors (Lipinski definition) is 3. The van der Waals surface area contributed by atoms with Crippen molar-refractivity contribution in [1.82, 2.24) is 9.55 Å². The number of cyclic esters (lactones) is 1. The maximum absolute atomic E-state index is 13.2. The van der Waals surface area contributed by atoms with Gasteiger partial charge in [0, 0.05) is 60.4 Å². The highest BCUT2D eigenvalue weighted by molar-refractivity contribution is 5.79. The second-order valence-electron chi connectivity index (χ2n) is 15.1. The number of aromatic amines is 1. The van der Waals surface area contributed by atoms with Gasteiger partial charge in [-0.3, -0.25) is 4.57 Å². The topological polar surface area (TPSA) is 141 Å². The minimum atomic E-state index is -0.894. The molecule has 11 heteroatoms. The summed E-state index contributed by atoms with van der Waals surface area (Å²) >= 11 is 0. The minimum absolute atomic E-state index is 0.101. The van der Waals surface area contributed by atoms with Gasteiger partial charge in [-0.25, -0.2) is 9.59 Å². The Balaban J connectivity index is 1.26. The number of nitrogens with zero attached hydrogens (tertiary/aromatic N) is 1. The lowest BCUT2D eigenvalue weighted by atomic mass is 9.57. The summed E-state index contributed by atoms with van der Waals surface area (Å²) in [7, 11) is 1.48. The quantitative estimate of drug-likeness (QED) is 0.287. The number of aromatic nitrogens is 2. The number of methoxy groups -OCH3 is 1. The van der Waals surface area contributed by atoms with Crippen LogP contribution in [0.15, 0.2) is 54.4 Å². The second kappa shape index (κ2) is 12.9. The Labute approximate surface area is 282 Å². The molecule has 1 saturated carbocycles. The maximum atomic E-state index is 13.2. The highest BCUT2D eigenvalue weighted by Crippen LogP contribution is 2.61. The Hall–Kier alpha value is -3.22. The lowest BCUT2D eigenvalue weighted by Gasteiger charge is -2.49. The number of H-pyrrole nitrogens is 1. The molecule has 4 heterocycles. The number of aliphatic hydroxyl groups excluding tert-OH is 2. The van der Waals surface area contributed by atoms with Crippen LogP contribution in [-0.4, -0.2) is 86.8 Å². The zero-order chi connectivity index (χ0) is 34.7. The van der Waals surface area contributed by atoms with Gasteiger partial charge in [-0.15, -0.1) is 0 Å². The average molecular weight is 667 g/mol. The van der Waals surface area contributed by atoms with Crippen molar-refractivity contribution in [2.45, 2.75) is 109 Å². The van der Waals surface area contributed by atoms with E-state index in [1.165, 1.54) is 11.7 Å². The van der Waals surface area contributed by atoms with Crippen LogP contribution in [-0.2, 0) is 35.1 Å². The Morgan fingerprint density at radius 1 is 1.25 bits per heavy atom. The number of esters is 1. The standard InChI is InChI=1S/C37H50N2O9/c1-19-14-20(2)37-24(16-28(44-8)34(42)46-31(19)22(4)40)11-12-26-29(37)30(41)21(3)32(33(26)47-37)45-18-25-15-23(17-38-25)27-10-9-13-39(27)35(43)48-36(5,6)7/h9-15,17,19,21-22,24,26,28-33,38,40-41H,16,18H2,1-8H3/b20-14+/t19-,21-,22?,24?,26-,28+,29+,30-,31+,32-,33-,37+/m1/s1. The summed E-state index contributed by atoms with van der Waals surface area (Å²) in [6.45, 7) is 13.3. The summed E-state index contributed by atoms with van der Waals surface area (Å²) in [6.07, 6.45) is 5.61.